The molecule has 0 spiro atoms. The van der Waals surface area contributed by atoms with Gasteiger partial charge in [-0.3, -0.25) is 4.90 Å². The number of carbonyl (C=O) groups excluding carboxylic acids is 1. The highest BCUT2D eigenvalue weighted by atomic mass is 16.6. The molecular weight excluding hydrogens is 218 g/mol. The Bertz CT molecular complexity index is 310. The maximum Gasteiger partial charge on any atom is 0.348 e. The van der Waals surface area contributed by atoms with E-state index in [1.54, 1.807) is 0 Å². The first-order chi connectivity index (χ1) is 7.65. The van der Waals surface area contributed by atoms with E-state index in [9.17, 15) is 15.0 Å². The van der Waals surface area contributed by atoms with E-state index in [0.717, 1.165) is 4.90 Å². The summed E-state index contributed by atoms with van der Waals surface area (Å²) in [6, 6.07) is -0.561. The van der Waals surface area contributed by atoms with Crippen LogP contribution in [0, 0.1) is 0 Å². The Labute approximate surface area is 91.1 Å². The van der Waals surface area contributed by atoms with Crippen LogP contribution in [0.4, 0.5) is 4.79 Å². The lowest BCUT2D eigenvalue weighted by atomic mass is 10.1. The average molecular weight is 231 g/mol. The molecule has 0 radical (unpaired) electrons. The topological polar surface area (TPSA) is 115 Å². The number of hydrogen-bond acceptors (Lipinski definition) is 6. The number of nitrogens with zero attached hydrogens (tertiary/aromatic N) is 2. The molecule has 0 aromatic carbocycles. The molecule has 2 rings (SSSR count). The van der Waals surface area contributed by atoms with E-state index < -0.39 is 37.2 Å². The van der Waals surface area contributed by atoms with E-state index >= 15 is 0 Å². The maximum absolute atomic E-state index is 11.4. The van der Waals surface area contributed by atoms with Crippen LogP contribution in [0.3, 0.4) is 0 Å². The maximum atomic E-state index is 11.4. The van der Waals surface area contributed by atoms with Crippen LogP contribution in [0.25, 0.3) is 0 Å². The van der Waals surface area contributed by atoms with Gasteiger partial charge in [-0.05, 0) is 0 Å². The molecule has 0 aromatic heterocycles. The van der Waals surface area contributed by atoms with Crippen LogP contribution in [-0.2, 0) is 4.74 Å². The van der Waals surface area contributed by atoms with Gasteiger partial charge in [-0.25, -0.2) is 4.79 Å². The summed E-state index contributed by atoms with van der Waals surface area (Å²) >= 11 is 0. The molecular formula is C8H13N3O5. The van der Waals surface area contributed by atoms with Crippen LogP contribution >= 0.6 is 0 Å². The number of nitrogens with one attached hydrogen (secondary N) is 1. The molecule has 1 fully saturated rings. The van der Waals surface area contributed by atoms with Crippen molar-refractivity contribution in [2.45, 2.75) is 24.5 Å². The van der Waals surface area contributed by atoms with Crippen molar-refractivity contribution in [3.63, 3.8) is 0 Å². The number of aliphatic hydroxyl groups is 3. The normalized spacial score (nSPS) is 38.9. The molecule has 0 bridgehead atoms. The minimum atomic E-state index is -1.25. The van der Waals surface area contributed by atoms with Crippen LogP contribution in [0.2, 0.25) is 0 Å². The lowest BCUT2D eigenvalue weighted by molar-refractivity contribution is -0.0794. The molecule has 2 aliphatic heterocycles. The van der Waals surface area contributed by atoms with Crippen molar-refractivity contribution in [2.24, 2.45) is 4.99 Å². The summed E-state index contributed by atoms with van der Waals surface area (Å²) in [4.78, 5) is 16.0. The Hall–Kier alpha value is -1.22. The zero-order valence-electron chi connectivity index (χ0n) is 8.35. The molecule has 0 aliphatic carbocycles. The third-order valence-corrected chi connectivity index (χ3v) is 2.60. The Kier molecular flexibility index (Phi) is 3.06. The fraction of sp³-hybridized carbons (Fsp3) is 0.750. The van der Waals surface area contributed by atoms with Crippen molar-refractivity contribution in [1.29, 1.82) is 0 Å². The van der Waals surface area contributed by atoms with Crippen LogP contribution in [-0.4, -0.2) is 70.4 Å². The van der Waals surface area contributed by atoms with Crippen molar-refractivity contribution in [3.8, 4) is 0 Å². The average Bonchev–Trinajstić information content (AvgIpc) is 2.57. The van der Waals surface area contributed by atoms with Crippen LogP contribution in [0.1, 0.15) is 0 Å². The van der Waals surface area contributed by atoms with Gasteiger partial charge in [0.15, 0.2) is 6.23 Å². The SMILES string of the molecule is O=C1N=CNCN1C1OC(CO)C(O)C1O. The Morgan fingerprint density at radius 3 is 2.88 bits per heavy atom. The van der Waals surface area contributed by atoms with Gasteiger partial charge < -0.3 is 25.4 Å². The third-order valence-electron chi connectivity index (χ3n) is 2.60. The fourth-order valence-corrected chi connectivity index (χ4v) is 1.72. The second-order valence-corrected chi connectivity index (χ2v) is 3.60. The fourth-order valence-electron chi connectivity index (χ4n) is 1.72. The van der Waals surface area contributed by atoms with Crippen molar-refractivity contribution < 1.29 is 24.9 Å². The zero-order valence-corrected chi connectivity index (χ0v) is 8.35. The summed E-state index contributed by atoms with van der Waals surface area (Å²) in [6.45, 7) is -0.289. The molecule has 4 unspecified atom stereocenters. The van der Waals surface area contributed by atoms with E-state index in [1.165, 1.54) is 6.34 Å². The molecule has 2 heterocycles. The number of hydrogen-bond donors (Lipinski definition) is 4. The lowest BCUT2D eigenvalue weighted by Crippen LogP contribution is -2.52. The molecule has 2 aliphatic rings. The molecule has 0 aromatic rings. The molecule has 8 heteroatoms. The Balaban J connectivity index is 2.10. The summed E-state index contributed by atoms with van der Waals surface area (Å²) in [5.41, 5.74) is 0. The summed E-state index contributed by atoms with van der Waals surface area (Å²) in [5.74, 6) is 0. The summed E-state index contributed by atoms with van der Waals surface area (Å²) < 4.78 is 5.19. The minimum absolute atomic E-state index is 0.134. The van der Waals surface area contributed by atoms with E-state index in [-0.39, 0.29) is 6.67 Å². The number of aliphatic hydroxyl groups excluding tert-OH is 3. The number of ether oxygens (including phenoxy) is 1. The quantitative estimate of drug-likeness (QED) is 0.415. The van der Waals surface area contributed by atoms with E-state index in [4.69, 9.17) is 9.84 Å². The van der Waals surface area contributed by atoms with E-state index in [1.807, 2.05) is 0 Å². The van der Waals surface area contributed by atoms with E-state index in [0.29, 0.717) is 0 Å². The third kappa shape index (κ3) is 1.76. The predicted octanol–water partition coefficient (Wildman–Crippen LogP) is -2.56. The Morgan fingerprint density at radius 1 is 1.56 bits per heavy atom. The van der Waals surface area contributed by atoms with Gasteiger partial charge in [0.1, 0.15) is 18.3 Å². The van der Waals surface area contributed by atoms with Gasteiger partial charge in [0.25, 0.3) is 0 Å². The molecule has 1 saturated heterocycles. The number of rotatable bonds is 2. The summed E-state index contributed by atoms with van der Waals surface area (Å²) in [5, 5.41) is 30.8. The molecule has 0 saturated carbocycles. The van der Waals surface area contributed by atoms with Gasteiger partial charge in [-0.1, -0.05) is 0 Å². The molecule has 2 amide bonds. The molecule has 8 nitrogen and oxygen atoms in total. The highest BCUT2D eigenvalue weighted by Crippen LogP contribution is 2.24. The smallest absolute Gasteiger partial charge is 0.348 e. The summed E-state index contributed by atoms with van der Waals surface area (Å²) in [6.07, 6.45) is -3.10. The monoisotopic (exact) mass is 231 g/mol. The van der Waals surface area contributed by atoms with Gasteiger partial charge in [-0.15, -0.1) is 0 Å². The first-order valence-electron chi connectivity index (χ1n) is 4.84. The lowest BCUT2D eigenvalue weighted by Gasteiger charge is -2.30. The van der Waals surface area contributed by atoms with Gasteiger partial charge in [0.05, 0.1) is 19.6 Å². The second kappa shape index (κ2) is 4.34. The van der Waals surface area contributed by atoms with E-state index in [2.05, 4.69) is 10.3 Å². The molecule has 4 atom stereocenters. The van der Waals surface area contributed by atoms with Crippen molar-refractivity contribution >= 4 is 12.4 Å². The standard InChI is InChI=1S/C8H13N3O5/c12-1-4-5(13)6(14)7(16-4)11-3-9-2-10-8(11)15/h2,4-7,12-14H,1,3H2,(H,9,10,15). The number of aliphatic imine (C=N–C) groups is 1. The summed E-state index contributed by atoms with van der Waals surface area (Å²) in [7, 11) is 0. The largest absolute Gasteiger partial charge is 0.394 e. The van der Waals surface area contributed by atoms with Gasteiger partial charge in [0, 0.05) is 0 Å². The van der Waals surface area contributed by atoms with Gasteiger partial charge in [0.2, 0.25) is 0 Å². The first-order valence-corrected chi connectivity index (χ1v) is 4.84. The highest BCUT2D eigenvalue weighted by Gasteiger charge is 2.46. The van der Waals surface area contributed by atoms with Crippen LogP contribution in [0.15, 0.2) is 4.99 Å². The molecule has 16 heavy (non-hydrogen) atoms. The van der Waals surface area contributed by atoms with Crippen LogP contribution < -0.4 is 5.32 Å². The first kappa shape index (κ1) is 11.3. The number of urea groups is 1. The van der Waals surface area contributed by atoms with Crippen LogP contribution in [0.5, 0.6) is 0 Å². The predicted molar refractivity (Wildman–Crippen MR) is 51.5 cm³/mol. The number of carbonyl (C=O) groups is 1. The number of amides is 2. The molecule has 90 valence electrons. The Morgan fingerprint density at radius 2 is 2.31 bits per heavy atom. The second-order valence-electron chi connectivity index (χ2n) is 3.60. The van der Waals surface area contributed by atoms with Crippen molar-refractivity contribution in [2.75, 3.05) is 13.3 Å². The van der Waals surface area contributed by atoms with Crippen molar-refractivity contribution in [1.82, 2.24) is 10.2 Å². The minimum Gasteiger partial charge on any atom is -0.394 e. The highest BCUT2D eigenvalue weighted by molar-refractivity contribution is 5.85. The molecule has 4 N–H and O–H groups in total. The van der Waals surface area contributed by atoms with Gasteiger partial charge in [-0.2, -0.15) is 4.99 Å². The zero-order chi connectivity index (χ0) is 11.7. The van der Waals surface area contributed by atoms with Gasteiger partial charge >= 0.3 is 6.03 Å². The van der Waals surface area contributed by atoms with Crippen molar-refractivity contribution in [3.05, 3.63) is 0 Å².